The van der Waals surface area contributed by atoms with Gasteiger partial charge in [-0.15, -0.1) is 11.8 Å². The summed E-state index contributed by atoms with van der Waals surface area (Å²) in [5.41, 5.74) is 4.99. The number of aromatic amines is 1. The average molecular weight is 456 g/mol. The van der Waals surface area contributed by atoms with Crippen molar-refractivity contribution in [2.24, 2.45) is 0 Å². The van der Waals surface area contributed by atoms with Crippen molar-refractivity contribution in [3.05, 3.63) is 84.2 Å². The average Bonchev–Trinajstić information content (AvgIpc) is 3.28. The number of rotatable bonds is 5. The van der Waals surface area contributed by atoms with Crippen LogP contribution >= 0.6 is 11.8 Å². The van der Waals surface area contributed by atoms with Gasteiger partial charge in [-0.05, 0) is 48.1 Å². The van der Waals surface area contributed by atoms with Crippen LogP contribution in [0.5, 0.6) is 0 Å². The van der Waals surface area contributed by atoms with Crippen molar-refractivity contribution in [2.45, 2.75) is 42.8 Å². The Morgan fingerprint density at radius 2 is 1.76 bits per heavy atom. The van der Waals surface area contributed by atoms with E-state index in [1.54, 1.807) is 0 Å². The molecule has 0 aliphatic carbocycles. The number of benzene rings is 2. The zero-order chi connectivity index (χ0) is 22.8. The molecule has 0 bridgehead atoms. The van der Waals surface area contributed by atoms with Gasteiger partial charge in [0.05, 0.1) is 5.56 Å². The molecule has 1 saturated heterocycles. The summed E-state index contributed by atoms with van der Waals surface area (Å²) < 4.78 is 0. The number of carbonyl (C=O) groups is 1. The van der Waals surface area contributed by atoms with E-state index in [-0.39, 0.29) is 5.91 Å². The van der Waals surface area contributed by atoms with E-state index >= 15 is 0 Å². The third-order valence-corrected chi connectivity index (χ3v) is 7.39. The van der Waals surface area contributed by atoms with Crippen LogP contribution in [0.25, 0.3) is 22.2 Å². The first-order valence-electron chi connectivity index (χ1n) is 11.7. The van der Waals surface area contributed by atoms with E-state index in [4.69, 9.17) is 0 Å². The van der Waals surface area contributed by atoms with Gasteiger partial charge >= 0.3 is 0 Å². The molecule has 4 aromatic rings. The molecule has 4 nitrogen and oxygen atoms in total. The molecule has 0 atom stereocenters. The molecule has 2 aromatic heterocycles. The summed E-state index contributed by atoms with van der Waals surface area (Å²) in [4.78, 5) is 24.4. The topological polar surface area (TPSA) is 49.0 Å². The molecule has 5 heteroatoms. The van der Waals surface area contributed by atoms with Crippen molar-refractivity contribution in [1.29, 1.82) is 0 Å². The molecule has 2 aromatic carbocycles. The van der Waals surface area contributed by atoms with Crippen molar-refractivity contribution in [3.63, 3.8) is 0 Å². The smallest absolute Gasteiger partial charge is 0.256 e. The lowest BCUT2D eigenvalue weighted by Crippen LogP contribution is -2.37. The lowest BCUT2D eigenvalue weighted by Gasteiger charge is -2.32. The second kappa shape index (κ2) is 9.44. The Balaban J connectivity index is 1.34. The van der Waals surface area contributed by atoms with Gasteiger partial charge in [0.1, 0.15) is 5.65 Å². The number of thioether (sulfide) groups is 1. The molecule has 5 rings (SSSR count). The van der Waals surface area contributed by atoms with E-state index in [2.05, 4.69) is 84.5 Å². The quantitative estimate of drug-likeness (QED) is 0.339. The van der Waals surface area contributed by atoms with Gasteiger partial charge in [0.25, 0.3) is 5.91 Å². The number of nitrogens with one attached hydrogen (secondary N) is 1. The lowest BCUT2D eigenvalue weighted by molar-refractivity contribution is 0.0715. The fourth-order valence-electron chi connectivity index (χ4n) is 4.65. The number of piperidine rings is 1. The van der Waals surface area contributed by atoms with Gasteiger partial charge in [0.2, 0.25) is 0 Å². The van der Waals surface area contributed by atoms with Crippen molar-refractivity contribution < 1.29 is 4.79 Å². The summed E-state index contributed by atoms with van der Waals surface area (Å²) in [6.07, 6.45) is 5.70. The normalized spacial score (nSPS) is 14.8. The number of amides is 1. The zero-order valence-corrected chi connectivity index (χ0v) is 19.9. The molecule has 168 valence electrons. The summed E-state index contributed by atoms with van der Waals surface area (Å²) >= 11 is 1.86. The minimum atomic E-state index is 0.0930. The van der Waals surface area contributed by atoms with Crippen LogP contribution < -0.4 is 0 Å². The van der Waals surface area contributed by atoms with Crippen molar-refractivity contribution in [3.8, 4) is 11.1 Å². The van der Waals surface area contributed by atoms with Gasteiger partial charge in [0, 0.05) is 46.6 Å². The first kappa shape index (κ1) is 21.8. The number of hydrogen-bond donors (Lipinski definition) is 1. The summed E-state index contributed by atoms with van der Waals surface area (Å²) in [7, 11) is 0. The third-order valence-electron chi connectivity index (χ3n) is 6.37. The maximum atomic E-state index is 13.4. The predicted octanol–water partition coefficient (Wildman–Crippen LogP) is 6.75. The van der Waals surface area contributed by atoms with Crippen molar-refractivity contribution in [1.82, 2.24) is 14.9 Å². The molecule has 0 spiro atoms. The molecule has 1 amide bonds. The first-order chi connectivity index (χ1) is 16.1. The second-order valence-electron chi connectivity index (χ2n) is 8.99. The molecule has 0 saturated carbocycles. The van der Waals surface area contributed by atoms with E-state index in [0.29, 0.717) is 16.7 Å². The van der Waals surface area contributed by atoms with Crippen LogP contribution in [-0.2, 0) is 0 Å². The lowest BCUT2D eigenvalue weighted by atomic mass is 9.89. The molecule has 1 fully saturated rings. The van der Waals surface area contributed by atoms with Crippen LogP contribution in [0.4, 0.5) is 0 Å². The zero-order valence-electron chi connectivity index (χ0n) is 19.1. The van der Waals surface area contributed by atoms with E-state index < -0.39 is 0 Å². The number of aromatic nitrogens is 2. The Hall–Kier alpha value is -3.05. The molecular weight excluding hydrogens is 426 g/mol. The SMILES string of the molecule is CC(C)Sc1ccc(-c2cnc3[nH]cc(C(=O)N4CCC(c5ccccc5)CC4)c3c2)cc1. The Labute approximate surface area is 199 Å². The molecule has 3 heterocycles. The van der Waals surface area contributed by atoms with Crippen LogP contribution in [0.2, 0.25) is 0 Å². The first-order valence-corrected chi connectivity index (χ1v) is 12.5. The fraction of sp³-hybridized carbons (Fsp3) is 0.286. The minimum Gasteiger partial charge on any atom is -0.345 e. The molecule has 0 unspecified atom stereocenters. The van der Waals surface area contributed by atoms with Gasteiger partial charge in [-0.25, -0.2) is 4.98 Å². The van der Waals surface area contributed by atoms with Gasteiger partial charge in [0.15, 0.2) is 0 Å². The van der Waals surface area contributed by atoms with Crippen molar-refractivity contribution >= 4 is 28.7 Å². The number of nitrogens with zero attached hydrogens (tertiary/aromatic N) is 2. The summed E-state index contributed by atoms with van der Waals surface area (Å²) in [5.74, 6) is 0.624. The van der Waals surface area contributed by atoms with E-state index in [9.17, 15) is 4.79 Å². The highest BCUT2D eigenvalue weighted by Crippen LogP contribution is 2.31. The molecule has 1 aliphatic rings. The van der Waals surface area contributed by atoms with Crippen molar-refractivity contribution in [2.75, 3.05) is 13.1 Å². The number of likely N-dealkylation sites (tertiary alicyclic amines) is 1. The van der Waals surface area contributed by atoms with Gasteiger partial charge in [-0.1, -0.05) is 56.3 Å². The summed E-state index contributed by atoms with van der Waals surface area (Å²) in [5, 5.41) is 1.45. The molecular formula is C28H29N3OS. The van der Waals surface area contributed by atoms with Gasteiger partial charge in [-0.2, -0.15) is 0 Å². The number of carbonyl (C=O) groups excluding carboxylic acids is 1. The van der Waals surface area contributed by atoms with E-state index in [0.717, 1.165) is 48.1 Å². The largest absolute Gasteiger partial charge is 0.345 e. The summed E-state index contributed by atoms with van der Waals surface area (Å²) in [6.45, 7) is 5.97. The third kappa shape index (κ3) is 4.69. The van der Waals surface area contributed by atoms with Gasteiger partial charge < -0.3 is 9.88 Å². The Morgan fingerprint density at radius 1 is 1.03 bits per heavy atom. The highest BCUT2D eigenvalue weighted by Gasteiger charge is 2.26. The molecule has 1 N–H and O–H groups in total. The molecule has 0 radical (unpaired) electrons. The Bertz CT molecular complexity index is 1240. The standard InChI is InChI=1S/C28H29N3OS/c1-19(2)33-24-10-8-21(9-11-24)23-16-25-26(18-30-27(25)29-17-23)28(32)31-14-12-22(13-15-31)20-6-4-3-5-7-20/h3-11,16-19,22H,12-15H2,1-2H3,(H,29,30). The number of hydrogen-bond acceptors (Lipinski definition) is 3. The highest BCUT2D eigenvalue weighted by atomic mass is 32.2. The molecule has 1 aliphatic heterocycles. The van der Waals surface area contributed by atoms with Crippen LogP contribution in [-0.4, -0.2) is 39.1 Å². The maximum absolute atomic E-state index is 13.4. The minimum absolute atomic E-state index is 0.0930. The van der Waals surface area contributed by atoms with Crippen LogP contribution in [0, 0.1) is 0 Å². The monoisotopic (exact) mass is 455 g/mol. The summed E-state index contributed by atoms with van der Waals surface area (Å²) in [6, 6.07) is 21.3. The second-order valence-corrected chi connectivity index (χ2v) is 10.6. The maximum Gasteiger partial charge on any atom is 0.256 e. The number of fused-ring (bicyclic) bond motifs is 1. The number of pyridine rings is 1. The van der Waals surface area contributed by atoms with Crippen LogP contribution in [0.3, 0.4) is 0 Å². The molecule has 33 heavy (non-hydrogen) atoms. The number of H-pyrrole nitrogens is 1. The van der Waals surface area contributed by atoms with Gasteiger partial charge in [-0.3, -0.25) is 4.79 Å². The van der Waals surface area contributed by atoms with E-state index in [1.807, 2.05) is 29.1 Å². The predicted molar refractivity (Wildman–Crippen MR) is 137 cm³/mol. The fourth-order valence-corrected chi connectivity index (χ4v) is 5.49. The van der Waals surface area contributed by atoms with Crippen LogP contribution in [0.15, 0.2) is 78.0 Å². The van der Waals surface area contributed by atoms with E-state index in [1.165, 1.54) is 10.5 Å². The Morgan fingerprint density at radius 3 is 2.45 bits per heavy atom. The van der Waals surface area contributed by atoms with Crippen LogP contribution in [0.1, 0.15) is 48.5 Å². The Kier molecular flexibility index (Phi) is 6.23. The highest BCUT2D eigenvalue weighted by molar-refractivity contribution is 7.99.